The van der Waals surface area contributed by atoms with Gasteiger partial charge in [0.1, 0.15) is 5.75 Å². The first-order valence-corrected chi connectivity index (χ1v) is 7.92. The van der Waals surface area contributed by atoms with Gasteiger partial charge in [-0.15, -0.1) is 0 Å². The van der Waals surface area contributed by atoms with Gasteiger partial charge in [-0.2, -0.15) is 0 Å². The molecule has 0 aliphatic heterocycles. The van der Waals surface area contributed by atoms with Crippen LogP contribution in [0.4, 0.5) is 0 Å². The predicted octanol–water partition coefficient (Wildman–Crippen LogP) is 3.10. The van der Waals surface area contributed by atoms with Gasteiger partial charge in [-0.3, -0.25) is 4.79 Å². The molecule has 0 bridgehead atoms. The van der Waals surface area contributed by atoms with Gasteiger partial charge in [-0.05, 0) is 55.2 Å². The van der Waals surface area contributed by atoms with Crippen molar-refractivity contribution in [1.82, 2.24) is 4.57 Å². The van der Waals surface area contributed by atoms with Crippen molar-refractivity contribution >= 4 is 0 Å². The average molecular weight is 298 g/mol. The van der Waals surface area contributed by atoms with E-state index in [0.29, 0.717) is 11.6 Å². The fraction of sp³-hybridized carbons (Fsp3) is 0.389. The van der Waals surface area contributed by atoms with Crippen LogP contribution in [0.15, 0.2) is 41.2 Å². The maximum absolute atomic E-state index is 12.5. The first-order chi connectivity index (χ1) is 10.7. The van der Waals surface area contributed by atoms with E-state index in [1.165, 1.54) is 0 Å². The van der Waals surface area contributed by atoms with Crippen molar-refractivity contribution in [1.29, 1.82) is 0 Å². The van der Waals surface area contributed by atoms with Crippen LogP contribution in [0.1, 0.15) is 37.8 Å². The van der Waals surface area contributed by atoms with E-state index in [9.17, 15) is 4.79 Å². The molecule has 0 amide bonds. The van der Waals surface area contributed by atoms with Crippen LogP contribution >= 0.6 is 0 Å². The molecule has 3 rings (SSSR count). The van der Waals surface area contributed by atoms with Gasteiger partial charge in [-0.1, -0.05) is 13.0 Å². The van der Waals surface area contributed by atoms with Crippen LogP contribution in [0.25, 0.3) is 11.3 Å². The molecule has 1 aliphatic rings. The number of hydrogen-bond donors (Lipinski definition) is 1. The average Bonchev–Trinajstić information content (AvgIpc) is 3.38. The zero-order valence-corrected chi connectivity index (χ0v) is 12.9. The van der Waals surface area contributed by atoms with Crippen LogP contribution in [0.2, 0.25) is 0 Å². The molecule has 1 aromatic heterocycles. The highest BCUT2D eigenvalue weighted by Crippen LogP contribution is 2.37. The van der Waals surface area contributed by atoms with Crippen molar-refractivity contribution < 1.29 is 4.74 Å². The van der Waals surface area contributed by atoms with Crippen molar-refractivity contribution in [3.8, 4) is 17.0 Å². The molecular weight excluding hydrogens is 276 g/mol. The van der Waals surface area contributed by atoms with E-state index >= 15 is 0 Å². The van der Waals surface area contributed by atoms with E-state index in [4.69, 9.17) is 10.5 Å². The second-order valence-electron chi connectivity index (χ2n) is 5.73. The zero-order chi connectivity index (χ0) is 15.5. The number of pyridine rings is 1. The molecule has 4 nitrogen and oxygen atoms in total. The topological polar surface area (TPSA) is 57.2 Å². The summed E-state index contributed by atoms with van der Waals surface area (Å²) in [6.45, 7) is 3.09. The van der Waals surface area contributed by atoms with Crippen LogP contribution < -0.4 is 16.0 Å². The largest absolute Gasteiger partial charge is 0.494 e. The lowest BCUT2D eigenvalue weighted by Gasteiger charge is -2.14. The normalized spacial score (nSPS) is 14.1. The first-order valence-electron chi connectivity index (χ1n) is 7.92. The maximum atomic E-state index is 12.5. The minimum Gasteiger partial charge on any atom is -0.494 e. The van der Waals surface area contributed by atoms with Gasteiger partial charge in [0.2, 0.25) is 0 Å². The maximum Gasteiger partial charge on any atom is 0.255 e. The summed E-state index contributed by atoms with van der Waals surface area (Å²) in [5.74, 6) is 0.865. The number of hydrogen-bond acceptors (Lipinski definition) is 3. The van der Waals surface area contributed by atoms with Crippen molar-refractivity contribution in [3.63, 3.8) is 0 Å². The number of aromatic nitrogens is 1. The minimum atomic E-state index is 0.0498. The lowest BCUT2D eigenvalue weighted by Crippen LogP contribution is -2.25. The van der Waals surface area contributed by atoms with Gasteiger partial charge >= 0.3 is 0 Å². The van der Waals surface area contributed by atoms with E-state index < -0.39 is 0 Å². The summed E-state index contributed by atoms with van der Waals surface area (Å²) < 4.78 is 7.52. The molecule has 1 saturated carbocycles. The molecule has 22 heavy (non-hydrogen) atoms. The molecule has 0 radical (unpaired) electrons. The minimum absolute atomic E-state index is 0.0498. The third-order valence-electron chi connectivity index (χ3n) is 3.95. The van der Waals surface area contributed by atoms with Gasteiger partial charge in [0.15, 0.2) is 0 Å². The Morgan fingerprint density at radius 1 is 1.18 bits per heavy atom. The number of benzene rings is 1. The molecule has 2 N–H and O–H groups in total. The van der Waals surface area contributed by atoms with Crippen LogP contribution in [0.3, 0.4) is 0 Å². The molecule has 116 valence electrons. The quantitative estimate of drug-likeness (QED) is 0.891. The van der Waals surface area contributed by atoms with Crippen molar-refractivity contribution in [2.45, 2.75) is 38.8 Å². The Hall–Kier alpha value is -2.07. The summed E-state index contributed by atoms with van der Waals surface area (Å²) >= 11 is 0. The van der Waals surface area contributed by atoms with Crippen LogP contribution in [0, 0.1) is 0 Å². The number of rotatable bonds is 6. The van der Waals surface area contributed by atoms with Gasteiger partial charge in [-0.25, -0.2) is 0 Å². The van der Waals surface area contributed by atoms with Gasteiger partial charge in [0.05, 0.1) is 12.3 Å². The Morgan fingerprint density at radius 2 is 1.91 bits per heavy atom. The third kappa shape index (κ3) is 2.92. The van der Waals surface area contributed by atoms with Gasteiger partial charge in [0.25, 0.3) is 5.56 Å². The molecule has 2 aromatic rings. The molecule has 4 heteroatoms. The van der Waals surface area contributed by atoms with Crippen molar-refractivity contribution in [3.05, 3.63) is 52.3 Å². The summed E-state index contributed by atoms with van der Waals surface area (Å²) in [4.78, 5) is 12.5. The highest BCUT2D eigenvalue weighted by atomic mass is 16.5. The number of nitrogens with two attached hydrogens (primary N) is 1. The monoisotopic (exact) mass is 298 g/mol. The van der Waals surface area contributed by atoms with Crippen LogP contribution in [-0.4, -0.2) is 11.2 Å². The van der Waals surface area contributed by atoms with Crippen molar-refractivity contribution in [2.24, 2.45) is 5.73 Å². The smallest absolute Gasteiger partial charge is 0.255 e. The Bertz CT molecular complexity index is 700. The summed E-state index contributed by atoms with van der Waals surface area (Å²) in [7, 11) is 0. The van der Waals surface area contributed by atoms with E-state index in [1.807, 2.05) is 41.0 Å². The van der Waals surface area contributed by atoms with E-state index in [-0.39, 0.29) is 12.1 Å². The zero-order valence-electron chi connectivity index (χ0n) is 12.9. The van der Waals surface area contributed by atoms with E-state index in [2.05, 4.69) is 6.92 Å². The standard InChI is InChI=1S/C18H22N2O2/c1-2-11-22-16-8-3-13(4-9-16)17-10-5-14(12-19)18(21)20(17)15-6-7-15/h3-5,8-10,15H,2,6-7,11-12,19H2,1H3. The second kappa shape index (κ2) is 6.36. The Kier molecular flexibility index (Phi) is 4.29. The molecule has 0 saturated heterocycles. The van der Waals surface area contributed by atoms with E-state index in [1.54, 1.807) is 0 Å². The SMILES string of the molecule is CCCOc1ccc(-c2ccc(CN)c(=O)n2C2CC2)cc1. The first kappa shape index (κ1) is 14.9. The fourth-order valence-electron chi connectivity index (χ4n) is 2.62. The van der Waals surface area contributed by atoms with Crippen molar-refractivity contribution in [2.75, 3.05) is 6.61 Å². The van der Waals surface area contributed by atoms with Crippen LogP contribution in [0.5, 0.6) is 5.75 Å². The number of ether oxygens (including phenoxy) is 1. The molecule has 1 aromatic carbocycles. The molecule has 1 fully saturated rings. The number of nitrogens with zero attached hydrogens (tertiary/aromatic N) is 1. The molecule has 1 aliphatic carbocycles. The molecule has 0 unspecified atom stereocenters. The summed E-state index contributed by atoms with van der Waals surface area (Å²) in [6, 6.07) is 12.1. The Labute approximate surface area is 130 Å². The Balaban J connectivity index is 1.97. The predicted molar refractivity (Wildman–Crippen MR) is 88.1 cm³/mol. The molecular formula is C18H22N2O2. The van der Waals surface area contributed by atoms with E-state index in [0.717, 1.165) is 42.9 Å². The summed E-state index contributed by atoms with van der Waals surface area (Å²) in [6.07, 6.45) is 3.13. The third-order valence-corrected chi connectivity index (χ3v) is 3.95. The van der Waals surface area contributed by atoms with Gasteiger partial charge < -0.3 is 15.0 Å². The molecule has 0 atom stereocenters. The fourth-order valence-corrected chi connectivity index (χ4v) is 2.62. The second-order valence-corrected chi connectivity index (χ2v) is 5.73. The molecule has 1 heterocycles. The summed E-state index contributed by atoms with van der Waals surface area (Å²) in [5, 5.41) is 0. The highest BCUT2D eigenvalue weighted by Gasteiger charge is 2.27. The molecule has 0 spiro atoms. The highest BCUT2D eigenvalue weighted by molar-refractivity contribution is 5.61. The lowest BCUT2D eigenvalue weighted by molar-refractivity contribution is 0.317. The van der Waals surface area contributed by atoms with Crippen LogP contribution in [-0.2, 0) is 6.54 Å². The van der Waals surface area contributed by atoms with Gasteiger partial charge in [0, 0.05) is 18.2 Å². The summed E-state index contributed by atoms with van der Waals surface area (Å²) in [5.41, 5.74) is 8.40. The lowest BCUT2D eigenvalue weighted by atomic mass is 10.1. The Morgan fingerprint density at radius 3 is 2.50 bits per heavy atom.